The van der Waals surface area contributed by atoms with Gasteiger partial charge < -0.3 is 5.32 Å². The van der Waals surface area contributed by atoms with Crippen LogP contribution in [0.2, 0.25) is 15.1 Å². The van der Waals surface area contributed by atoms with Crippen LogP contribution in [0.25, 0.3) is 0 Å². The number of rotatable bonds is 5. The third-order valence-electron chi connectivity index (χ3n) is 3.57. The number of hydrogen-bond donors (Lipinski definition) is 1. The number of aromatic nitrogens is 4. The van der Waals surface area contributed by atoms with Gasteiger partial charge in [-0.05, 0) is 24.6 Å². The molecule has 3 aromatic rings. The van der Waals surface area contributed by atoms with E-state index in [1.165, 1.54) is 10.9 Å². The van der Waals surface area contributed by atoms with Crippen molar-refractivity contribution < 1.29 is 4.79 Å². The Bertz CT molecular complexity index is 901. The summed E-state index contributed by atoms with van der Waals surface area (Å²) in [4.78, 5) is 12.2. The molecule has 0 unspecified atom stereocenters. The molecule has 0 saturated carbocycles. The van der Waals surface area contributed by atoms with Crippen molar-refractivity contribution in [3.8, 4) is 0 Å². The lowest BCUT2D eigenvalue weighted by molar-refractivity contribution is -0.117. The van der Waals surface area contributed by atoms with Crippen molar-refractivity contribution in [2.45, 2.75) is 20.0 Å². The van der Waals surface area contributed by atoms with Crippen molar-refractivity contribution in [2.24, 2.45) is 0 Å². The van der Waals surface area contributed by atoms with Crippen LogP contribution in [0.15, 0.2) is 36.7 Å². The van der Waals surface area contributed by atoms with Crippen LogP contribution in [0.5, 0.6) is 0 Å². The van der Waals surface area contributed by atoms with Gasteiger partial charge in [0.25, 0.3) is 0 Å². The van der Waals surface area contributed by atoms with E-state index in [4.69, 9.17) is 34.8 Å². The number of halogens is 3. The molecular weight excluding hydrogens is 385 g/mol. The van der Waals surface area contributed by atoms with Crippen molar-refractivity contribution in [1.82, 2.24) is 19.6 Å². The van der Waals surface area contributed by atoms with E-state index in [0.717, 1.165) is 11.3 Å². The molecule has 1 aromatic carbocycles. The van der Waals surface area contributed by atoms with Crippen LogP contribution in [-0.2, 0) is 17.9 Å². The smallest absolute Gasteiger partial charge is 0.247 e. The van der Waals surface area contributed by atoms with Crippen molar-refractivity contribution in [3.63, 3.8) is 0 Å². The molecule has 0 bridgehead atoms. The van der Waals surface area contributed by atoms with E-state index in [1.807, 2.05) is 24.3 Å². The summed E-state index contributed by atoms with van der Waals surface area (Å²) in [7, 11) is 0. The number of nitrogens with zero attached hydrogens (tertiary/aromatic N) is 4. The van der Waals surface area contributed by atoms with Gasteiger partial charge in [-0.3, -0.25) is 14.2 Å². The van der Waals surface area contributed by atoms with Crippen LogP contribution in [-0.4, -0.2) is 25.5 Å². The van der Waals surface area contributed by atoms with Crippen molar-refractivity contribution in [3.05, 3.63) is 63.0 Å². The summed E-state index contributed by atoms with van der Waals surface area (Å²) in [6.07, 6.45) is 3.15. The summed E-state index contributed by atoms with van der Waals surface area (Å²) in [5, 5.41) is 12.6. The lowest BCUT2D eigenvalue weighted by Crippen LogP contribution is -2.20. The Kier molecular flexibility index (Phi) is 5.32. The van der Waals surface area contributed by atoms with Crippen LogP contribution >= 0.6 is 34.8 Å². The molecule has 0 spiro atoms. The maximum atomic E-state index is 12.2. The Hall–Kier alpha value is -2.02. The van der Waals surface area contributed by atoms with Gasteiger partial charge in [-0.15, -0.1) is 0 Å². The number of hydrogen-bond acceptors (Lipinski definition) is 3. The van der Waals surface area contributed by atoms with E-state index in [-0.39, 0.29) is 12.5 Å². The van der Waals surface area contributed by atoms with Gasteiger partial charge in [0.1, 0.15) is 11.6 Å². The highest BCUT2D eigenvalue weighted by atomic mass is 35.5. The fraction of sp³-hybridized carbons (Fsp3) is 0.188. The van der Waals surface area contributed by atoms with E-state index in [2.05, 4.69) is 15.5 Å². The van der Waals surface area contributed by atoms with Crippen molar-refractivity contribution in [1.29, 1.82) is 0 Å². The van der Waals surface area contributed by atoms with Crippen LogP contribution in [0.4, 0.5) is 5.82 Å². The number of anilines is 1. The number of benzene rings is 1. The highest BCUT2D eigenvalue weighted by molar-refractivity contribution is 6.33. The number of amides is 1. The molecular formula is C16H14Cl3N5O. The number of nitrogens with one attached hydrogen (secondary N) is 1. The van der Waals surface area contributed by atoms with Gasteiger partial charge in [-0.1, -0.05) is 46.9 Å². The van der Waals surface area contributed by atoms with E-state index in [9.17, 15) is 4.79 Å². The molecule has 25 heavy (non-hydrogen) atoms. The first-order chi connectivity index (χ1) is 11.9. The van der Waals surface area contributed by atoms with Crippen LogP contribution in [0, 0.1) is 6.92 Å². The second-order valence-electron chi connectivity index (χ2n) is 5.43. The molecule has 9 heteroatoms. The standard InChI is InChI=1S/C16H14Cl3N5O/c1-10-13(18)6-20-24(10)9-15(25)21-16-14(19)8-23(22-16)7-11-2-4-12(17)5-3-11/h2-6,8H,7,9H2,1H3,(H,21,22,25). The molecule has 2 aromatic heterocycles. The van der Waals surface area contributed by atoms with Gasteiger partial charge in [-0.2, -0.15) is 10.2 Å². The Morgan fingerprint density at radius 3 is 2.52 bits per heavy atom. The van der Waals surface area contributed by atoms with Crippen molar-refractivity contribution in [2.75, 3.05) is 5.32 Å². The average molecular weight is 399 g/mol. The first-order valence-electron chi connectivity index (χ1n) is 7.37. The van der Waals surface area contributed by atoms with Gasteiger partial charge in [0.2, 0.25) is 5.91 Å². The molecule has 6 nitrogen and oxygen atoms in total. The normalized spacial score (nSPS) is 10.9. The number of carbonyl (C=O) groups is 1. The quantitative estimate of drug-likeness (QED) is 0.705. The zero-order valence-electron chi connectivity index (χ0n) is 13.2. The second kappa shape index (κ2) is 7.47. The van der Waals surface area contributed by atoms with E-state index < -0.39 is 0 Å². The van der Waals surface area contributed by atoms with Crippen molar-refractivity contribution >= 4 is 46.5 Å². The third kappa shape index (κ3) is 4.34. The lowest BCUT2D eigenvalue weighted by atomic mass is 10.2. The molecule has 0 atom stereocenters. The summed E-state index contributed by atoms with van der Waals surface area (Å²) < 4.78 is 3.16. The Morgan fingerprint density at radius 2 is 1.88 bits per heavy atom. The monoisotopic (exact) mass is 397 g/mol. The minimum atomic E-state index is -0.290. The summed E-state index contributed by atoms with van der Waals surface area (Å²) in [6, 6.07) is 7.42. The van der Waals surface area contributed by atoms with Crippen LogP contribution in [0.3, 0.4) is 0 Å². The fourth-order valence-corrected chi connectivity index (χ4v) is 2.70. The largest absolute Gasteiger partial charge is 0.306 e. The predicted octanol–water partition coefficient (Wildman–Crippen LogP) is 4.04. The Balaban J connectivity index is 1.66. The van der Waals surface area contributed by atoms with Crippen LogP contribution < -0.4 is 5.32 Å². The highest BCUT2D eigenvalue weighted by Gasteiger charge is 2.13. The maximum Gasteiger partial charge on any atom is 0.247 e. The second-order valence-corrected chi connectivity index (χ2v) is 6.68. The predicted molar refractivity (Wildman–Crippen MR) is 98.4 cm³/mol. The maximum absolute atomic E-state index is 12.2. The molecule has 130 valence electrons. The van der Waals surface area contributed by atoms with E-state index in [1.54, 1.807) is 17.8 Å². The topological polar surface area (TPSA) is 64.7 Å². The minimum absolute atomic E-state index is 0.0267. The minimum Gasteiger partial charge on any atom is -0.306 e. The Morgan fingerprint density at radius 1 is 1.16 bits per heavy atom. The molecule has 2 heterocycles. The first kappa shape index (κ1) is 17.8. The summed E-state index contributed by atoms with van der Waals surface area (Å²) >= 11 is 18.0. The van der Waals surface area contributed by atoms with Gasteiger partial charge >= 0.3 is 0 Å². The molecule has 0 fully saturated rings. The first-order valence-corrected chi connectivity index (χ1v) is 8.51. The molecule has 1 N–H and O–H groups in total. The van der Waals surface area contributed by atoms with E-state index >= 15 is 0 Å². The molecule has 0 saturated heterocycles. The lowest BCUT2D eigenvalue weighted by Gasteiger charge is -2.05. The van der Waals surface area contributed by atoms with Gasteiger partial charge in [0.15, 0.2) is 5.82 Å². The molecule has 0 aliphatic carbocycles. The molecule has 1 amide bonds. The summed E-state index contributed by atoms with van der Waals surface area (Å²) in [5.74, 6) is 0.0121. The summed E-state index contributed by atoms with van der Waals surface area (Å²) in [6.45, 7) is 2.33. The van der Waals surface area contributed by atoms with Gasteiger partial charge in [-0.25, -0.2) is 0 Å². The molecule has 0 radical (unpaired) electrons. The Labute approximate surface area is 159 Å². The summed E-state index contributed by atoms with van der Waals surface area (Å²) in [5.41, 5.74) is 1.74. The van der Waals surface area contributed by atoms with Gasteiger partial charge in [0.05, 0.1) is 23.5 Å². The van der Waals surface area contributed by atoms with E-state index in [0.29, 0.717) is 27.4 Å². The molecule has 0 aliphatic heterocycles. The average Bonchev–Trinajstić information content (AvgIpc) is 3.06. The molecule has 0 aliphatic rings. The third-order valence-corrected chi connectivity index (χ3v) is 4.47. The highest BCUT2D eigenvalue weighted by Crippen LogP contribution is 2.21. The van der Waals surface area contributed by atoms with Gasteiger partial charge in [0, 0.05) is 11.2 Å². The SMILES string of the molecule is Cc1c(Cl)cnn1CC(=O)Nc1nn(Cc2ccc(Cl)cc2)cc1Cl. The van der Waals surface area contributed by atoms with Crippen LogP contribution in [0.1, 0.15) is 11.3 Å². The zero-order valence-corrected chi connectivity index (χ0v) is 15.5. The fourth-order valence-electron chi connectivity index (χ4n) is 2.23. The zero-order chi connectivity index (χ0) is 18.0. The molecule has 3 rings (SSSR count). The number of carbonyl (C=O) groups excluding carboxylic acids is 1.